The third-order valence-corrected chi connectivity index (χ3v) is 9.65. The van der Waals surface area contributed by atoms with Crippen molar-refractivity contribution >= 4 is 65.0 Å². The topological polar surface area (TPSA) is 13.1 Å². The van der Waals surface area contributed by atoms with E-state index in [9.17, 15) is 13.7 Å². The molecule has 1 nitrogen and oxygen atoms in total. The van der Waals surface area contributed by atoms with Crippen LogP contribution in [0.25, 0.3) is 110 Å². The standard InChI is InChI=1S/C52H32O/c1-2-14-33(15-3-1)35-28-29-47-49(32-35)53-48-27-13-26-41(52(47)48)39-30-31-46(38-20-7-6-19-37(38)39)51-44-23-10-8-21-42(44)50(43-22-9-11-24-45(43)51)40-25-12-17-34-16-4-5-18-36(34)40/h1-32H/i6D,7D,8D,9D,10D,11D,13D,19D,21D,22D,23D,24D,26D,27D,28D,29D,30D,31D,32D. The van der Waals surface area contributed by atoms with E-state index >= 15 is 0 Å². The van der Waals surface area contributed by atoms with E-state index in [4.69, 9.17) is 16.8 Å². The molecule has 0 aliphatic rings. The fourth-order valence-electron chi connectivity index (χ4n) is 7.35. The van der Waals surface area contributed by atoms with E-state index in [1.165, 1.54) is 0 Å². The summed E-state index contributed by atoms with van der Waals surface area (Å²) in [5.74, 6) is 0. The Morgan fingerprint density at radius 2 is 1.00 bits per heavy atom. The smallest absolute Gasteiger partial charge is 0.136 e. The summed E-state index contributed by atoms with van der Waals surface area (Å²) >= 11 is 0. The van der Waals surface area contributed by atoms with Gasteiger partial charge in [-0.2, -0.15) is 0 Å². The Bertz CT molecular complexity index is 4230. The molecule has 53 heavy (non-hydrogen) atoms. The number of hydrogen-bond donors (Lipinski definition) is 0. The number of hydrogen-bond acceptors (Lipinski definition) is 1. The van der Waals surface area contributed by atoms with E-state index in [0.717, 1.165) is 6.07 Å². The van der Waals surface area contributed by atoms with Gasteiger partial charge >= 0.3 is 0 Å². The molecule has 0 saturated carbocycles. The molecule has 0 atom stereocenters. The molecule has 246 valence electrons. The summed E-state index contributed by atoms with van der Waals surface area (Å²) in [6.45, 7) is 0. The van der Waals surface area contributed by atoms with Gasteiger partial charge in [-0.1, -0.05) is 176 Å². The van der Waals surface area contributed by atoms with E-state index < -0.39 is 136 Å². The van der Waals surface area contributed by atoms with Crippen LogP contribution in [0.2, 0.25) is 0 Å². The summed E-state index contributed by atoms with van der Waals surface area (Å²) in [4.78, 5) is 0. The lowest BCUT2D eigenvalue weighted by Gasteiger charge is -2.20. The first-order valence-electron chi connectivity index (χ1n) is 26.2. The van der Waals surface area contributed by atoms with Crippen LogP contribution in [0.3, 0.4) is 0 Å². The highest BCUT2D eigenvalue weighted by Gasteiger charge is 2.21. The third kappa shape index (κ3) is 4.58. The molecule has 0 spiro atoms. The van der Waals surface area contributed by atoms with Gasteiger partial charge in [-0.25, -0.2) is 0 Å². The quantitative estimate of drug-likeness (QED) is 0.167. The Kier molecular flexibility index (Phi) is 3.69. The molecule has 0 aliphatic carbocycles. The van der Waals surface area contributed by atoms with Crippen molar-refractivity contribution in [2.45, 2.75) is 0 Å². The van der Waals surface area contributed by atoms with Gasteiger partial charge in [-0.15, -0.1) is 0 Å². The molecule has 0 bridgehead atoms. The molecule has 0 amide bonds. The number of furan rings is 1. The largest absolute Gasteiger partial charge is 0.456 e. The van der Waals surface area contributed by atoms with Crippen molar-refractivity contribution in [3.8, 4) is 44.5 Å². The SMILES string of the molecule is [2H]c1cc2c(-c3c4c([2H])c([2H])c([2H])c([2H])c4c(-c4cccc5ccccc45)c4c([2H])c([2H])c([2H])c([2H])c34)c([2H])c([2H])c(-c3c([2H])c([2H])c([2H])c4oc5c([2H])c(-c6ccccc6)c([2H])c([2H])c5c34)c2c([2H])c1[2H]. The van der Waals surface area contributed by atoms with E-state index in [2.05, 4.69) is 0 Å². The lowest BCUT2D eigenvalue weighted by molar-refractivity contribution is 0.669. The maximum atomic E-state index is 10.0. The van der Waals surface area contributed by atoms with Crippen molar-refractivity contribution in [1.82, 2.24) is 0 Å². The maximum Gasteiger partial charge on any atom is 0.136 e. The van der Waals surface area contributed by atoms with Crippen molar-refractivity contribution in [3.63, 3.8) is 0 Å². The Morgan fingerprint density at radius 3 is 1.79 bits per heavy atom. The molecule has 1 aromatic heterocycles. The van der Waals surface area contributed by atoms with E-state index in [-0.39, 0.29) is 66.0 Å². The lowest BCUT2D eigenvalue weighted by atomic mass is 9.83. The van der Waals surface area contributed by atoms with Crippen LogP contribution in [0.5, 0.6) is 0 Å². The molecular weight excluding hydrogens is 641 g/mol. The molecule has 0 saturated heterocycles. The molecule has 0 radical (unpaired) electrons. The van der Waals surface area contributed by atoms with E-state index in [1.807, 2.05) is 12.1 Å². The lowest BCUT2D eigenvalue weighted by Crippen LogP contribution is -1.93. The first-order valence-corrected chi connectivity index (χ1v) is 16.7. The van der Waals surface area contributed by atoms with Crippen LogP contribution < -0.4 is 0 Å². The Labute approximate surface area is 333 Å². The number of fused-ring (bicyclic) bond motifs is 7. The van der Waals surface area contributed by atoms with Gasteiger partial charge in [0.1, 0.15) is 11.2 Å². The van der Waals surface area contributed by atoms with Crippen molar-refractivity contribution in [3.05, 3.63) is 194 Å². The van der Waals surface area contributed by atoms with Crippen LogP contribution in [0, 0.1) is 0 Å². The molecule has 0 fully saturated rings. The number of rotatable bonds is 4. The fourth-order valence-corrected chi connectivity index (χ4v) is 7.35. The average molecular weight is 692 g/mol. The van der Waals surface area contributed by atoms with Crippen LogP contribution >= 0.6 is 0 Å². The molecule has 1 heteroatoms. The van der Waals surface area contributed by atoms with Crippen molar-refractivity contribution in [2.24, 2.45) is 0 Å². The van der Waals surface area contributed by atoms with Crippen molar-refractivity contribution in [2.75, 3.05) is 0 Å². The summed E-state index contributed by atoms with van der Waals surface area (Å²) in [5.41, 5.74) is -1.64. The molecular formula is C52H32O. The first kappa shape index (κ1) is 16.6. The molecule has 10 aromatic carbocycles. The second-order valence-corrected chi connectivity index (χ2v) is 12.5. The van der Waals surface area contributed by atoms with Gasteiger partial charge in [-0.05, 0) is 106 Å². The zero-order valence-electron chi connectivity index (χ0n) is 46.4. The van der Waals surface area contributed by atoms with Crippen LogP contribution in [0.1, 0.15) is 26.0 Å². The monoisotopic (exact) mass is 691 g/mol. The summed E-state index contributed by atoms with van der Waals surface area (Å²) < 4.78 is 183. The predicted molar refractivity (Wildman–Crippen MR) is 225 cm³/mol. The highest BCUT2D eigenvalue weighted by molar-refractivity contribution is 6.26. The Balaban J connectivity index is 1.40. The molecule has 0 aliphatic heterocycles. The van der Waals surface area contributed by atoms with E-state index in [0.29, 0.717) is 21.9 Å². The minimum Gasteiger partial charge on any atom is -0.456 e. The van der Waals surface area contributed by atoms with Crippen LogP contribution in [0.15, 0.2) is 198 Å². The van der Waals surface area contributed by atoms with Crippen LogP contribution in [-0.4, -0.2) is 0 Å². The average Bonchev–Trinajstić information content (AvgIpc) is 3.78. The van der Waals surface area contributed by atoms with Gasteiger partial charge in [-0.3, -0.25) is 0 Å². The van der Waals surface area contributed by atoms with Crippen molar-refractivity contribution in [1.29, 1.82) is 0 Å². The minimum absolute atomic E-state index is 0.0130. The summed E-state index contributed by atoms with van der Waals surface area (Å²) in [5, 5.41) is -1.02. The highest BCUT2D eigenvalue weighted by atomic mass is 16.3. The highest BCUT2D eigenvalue weighted by Crippen LogP contribution is 2.48. The van der Waals surface area contributed by atoms with Crippen LogP contribution in [-0.2, 0) is 0 Å². The second kappa shape index (κ2) is 11.8. The summed E-state index contributed by atoms with van der Waals surface area (Å²) in [6, 6.07) is 9.17. The van der Waals surface area contributed by atoms with Gasteiger partial charge in [0.15, 0.2) is 0 Å². The Morgan fingerprint density at radius 1 is 0.340 bits per heavy atom. The van der Waals surface area contributed by atoms with Gasteiger partial charge in [0.2, 0.25) is 0 Å². The predicted octanol–water partition coefficient (Wildman–Crippen LogP) is 14.9. The molecule has 11 aromatic rings. The van der Waals surface area contributed by atoms with Crippen molar-refractivity contribution < 1.29 is 30.5 Å². The summed E-state index contributed by atoms with van der Waals surface area (Å²) in [7, 11) is 0. The summed E-state index contributed by atoms with van der Waals surface area (Å²) in [6.07, 6.45) is 0. The Hall–Kier alpha value is -6.96. The second-order valence-electron chi connectivity index (χ2n) is 12.5. The zero-order valence-corrected chi connectivity index (χ0v) is 27.4. The molecule has 1 heterocycles. The molecule has 11 rings (SSSR count). The normalized spacial score (nSPS) is 16.8. The maximum absolute atomic E-state index is 10.0. The fraction of sp³-hybridized carbons (Fsp3) is 0. The first-order chi connectivity index (χ1) is 34.2. The molecule has 0 unspecified atom stereocenters. The molecule has 0 N–H and O–H groups in total. The van der Waals surface area contributed by atoms with E-state index in [1.54, 1.807) is 60.7 Å². The third-order valence-electron chi connectivity index (χ3n) is 9.65. The van der Waals surface area contributed by atoms with Gasteiger partial charge in [0, 0.05) is 10.8 Å². The van der Waals surface area contributed by atoms with Crippen LogP contribution in [0.4, 0.5) is 0 Å². The number of benzene rings is 10. The minimum atomic E-state index is -0.824. The van der Waals surface area contributed by atoms with Gasteiger partial charge in [0.25, 0.3) is 0 Å². The zero-order chi connectivity index (χ0) is 51.4. The van der Waals surface area contributed by atoms with Gasteiger partial charge < -0.3 is 4.42 Å². The van der Waals surface area contributed by atoms with Gasteiger partial charge in [0.05, 0.1) is 26.0 Å².